The van der Waals surface area contributed by atoms with Gasteiger partial charge in [-0.1, -0.05) is 0 Å². The van der Waals surface area contributed by atoms with Gasteiger partial charge in [0.2, 0.25) is 0 Å². The van der Waals surface area contributed by atoms with Gasteiger partial charge in [0.25, 0.3) is 0 Å². The summed E-state index contributed by atoms with van der Waals surface area (Å²) in [6.45, 7) is 2.70. The van der Waals surface area contributed by atoms with Crippen LogP contribution in [0, 0.1) is 12.7 Å². The van der Waals surface area contributed by atoms with Gasteiger partial charge in [-0.15, -0.1) is 0 Å². The molecule has 0 atom stereocenters. The van der Waals surface area contributed by atoms with Gasteiger partial charge in [-0.05, 0) is 32.2 Å². The Bertz CT molecular complexity index is 593. The van der Waals surface area contributed by atoms with Crippen molar-refractivity contribution in [2.24, 2.45) is 7.05 Å². The molecule has 0 aliphatic heterocycles. The highest BCUT2D eigenvalue weighted by Gasteiger charge is 2.14. The summed E-state index contributed by atoms with van der Waals surface area (Å²) < 4.78 is 20.6. The SMILES string of the molecule is CNCc1nc(-c2ccc(OC)c(F)c2)n(C)c1C. The highest BCUT2D eigenvalue weighted by Crippen LogP contribution is 2.26. The largest absolute Gasteiger partial charge is 0.494 e. The molecule has 0 saturated carbocycles. The topological polar surface area (TPSA) is 39.1 Å². The molecule has 1 aromatic heterocycles. The van der Waals surface area contributed by atoms with E-state index in [2.05, 4.69) is 10.3 Å². The van der Waals surface area contributed by atoms with E-state index >= 15 is 0 Å². The fraction of sp³-hybridized carbons (Fsp3) is 0.357. The van der Waals surface area contributed by atoms with Crippen LogP contribution in [0.5, 0.6) is 5.75 Å². The van der Waals surface area contributed by atoms with E-state index in [0.29, 0.717) is 6.54 Å². The highest BCUT2D eigenvalue weighted by molar-refractivity contribution is 5.58. The molecule has 0 aliphatic rings. The molecule has 0 saturated heterocycles. The number of imidazole rings is 1. The van der Waals surface area contributed by atoms with Crippen molar-refractivity contribution in [3.63, 3.8) is 0 Å². The van der Waals surface area contributed by atoms with Crippen LogP contribution in [-0.4, -0.2) is 23.7 Å². The van der Waals surface area contributed by atoms with Crippen molar-refractivity contribution in [1.29, 1.82) is 0 Å². The van der Waals surface area contributed by atoms with Crippen LogP contribution >= 0.6 is 0 Å². The van der Waals surface area contributed by atoms with Gasteiger partial charge in [-0.3, -0.25) is 0 Å². The quantitative estimate of drug-likeness (QED) is 0.919. The normalized spacial score (nSPS) is 10.8. The highest BCUT2D eigenvalue weighted by atomic mass is 19.1. The van der Waals surface area contributed by atoms with E-state index < -0.39 is 0 Å². The number of ether oxygens (including phenoxy) is 1. The lowest BCUT2D eigenvalue weighted by molar-refractivity contribution is 0.386. The lowest BCUT2D eigenvalue weighted by Gasteiger charge is -2.06. The van der Waals surface area contributed by atoms with Crippen LogP contribution in [0.3, 0.4) is 0 Å². The maximum Gasteiger partial charge on any atom is 0.165 e. The summed E-state index contributed by atoms with van der Waals surface area (Å²) in [5.74, 6) is 0.616. The van der Waals surface area contributed by atoms with Crippen LogP contribution in [0.4, 0.5) is 4.39 Å². The van der Waals surface area contributed by atoms with Crippen molar-refractivity contribution in [3.05, 3.63) is 35.4 Å². The molecule has 102 valence electrons. The lowest BCUT2D eigenvalue weighted by atomic mass is 10.2. The van der Waals surface area contributed by atoms with Gasteiger partial charge in [0.15, 0.2) is 11.6 Å². The molecule has 1 aromatic carbocycles. The van der Waals surface area contributed by atoms with Gasteiger partial charge in [0.1, 0.15) is 5.82 Å². The predicted molar refractivity (Wildman–Crippen MR) is 72.7 cm³/mol. The number of nitrogens with one attached hydrogen (secondary N) is 1. The van der Waals surface area contributed by atoms with Gasteiger partial charge < -0.3 is 14.6 Å². The molecule has 2 aromatic rings. The summed E-state index contributed by atoms with van der Waals surface area (Å²) in [5, 5.41) is 3.08. The van der Waals surface area contributed by atoms with Gasteiger partial charge >= 0.3 is 0 Å². The zero-order valence-electron chi connectivity index (χ0n) is 11.6. The first-order valence-electron chi connectivity index (χ1n) is 6.09. The summed E-state index contributed by atoms with van der Waals surface area (Å²) >= 11 is 0. The smallest absolute Gasteiger partial charge is 0.165 e. The van der Waals surface area contributed by atoms with Crippen LogP contribution in [0.2, 0.25) is 0 Å². The minimum absolute atomic E-state index is 0.241. The second-order valence-corrected chi connectivity index (χ2v) is 4.41. The van der Waals surface area contributed by atoms with Gasteiger partial charge in [0.05, 0.1) is 12.8 Å². The molecule has 4 nitrogen and oxygen atoms in total. The monoisotopic (exact) mass is 263 g/mol. The first-order valence-corrected chi connectivity index (χ1v) is 6.09. The van der Waals surface area contributed by atoms with E-state index in [1.807, 2.05) is 31.7 Å². The molecule has 0 bridgehead atoms. The number of rotatable bonds is 4. The fourth-order valence-electron chi connectivity index (χ4n) is 2.03. The molecule has 0 fully saturated rings. The number of nitrogens with zero attached hydrogens (tertiary/aromatic N) is 2. The lowest BCUT2D eigenvalue weighted by Crippen LogP contribution is -2.07. The third-order valence-corrected chi connectivity index (χ3v) is 3.23. The van der Waals surface area contributed by atoms with E-state index in [-0.39, 0.29) is 11.6 Å². The van der Waals surface area contributed by atoms with E-state index in [4.69, 9.17) is 4.74 Å². The molecule has 0 radical (unpaired) electrons. The number of hydrogen-bond acceptors (Lipinski definition) is 3. The van der Waals surface area contributed by atoms with Crippen molar-refractivity contribution >= 4 is 0 Å². The van der Waals surface area contributed by atoms with Crippen LogP contribution in [-0.2, 0) is 13.6 Å². The molecule has 0 unspecified atom stereocenters. The Labute approximate surface area is 112 Å². The molecule has 0 amide bonds. The third kappa shape index (κ3) is 2.46. The van der Waals surface area contributed by atoms with Crippen molar-refractivity contribution in [1.82, 2.24) is 14.9 Å². The second kappa shape index (κ2) is 5.40. The van der Waals surface area contributed by atoms with Crippen LogP contribution in [0.1, 0.15) is 11.4 Å². The Balaban J connectivity index is 2.47. The van der Waals surface area contributed by atoms with Crippen molar-refractivity contribution in [3.8, 4) is 17.1 Å². The molecule has 19 heavy (non-hydrogen) atoms. The van der Waals surface area contributed by atoms with E-state index in [1.54, 1.807) is 6.07 Å². The minimum atomic E-state index is -0.379. The third-order valence-electron chi connectivity index (χ3n) is 3.23. The standard InChI is InChI=1S/C14H18FN3O/c1-9-12(8-16-2)17-14(18(9)3)10-5-6-13(19-4)11(15)7-10/h5-7,16H,8H2,1-4H3. The Kier molecular flexibility index (Phi) is 3.85. The summed E-state index contributed by atoms with van der Waals surface area (Å²) in [6, 6.07) is 4.88. The number of halogens is 1. The molecule has 5 heteroatoms. The fourth-order valence-corrected chi connectivity index (χ4v) is 2.03. The zero-order valence-corrected chi connectivity index (χ0v) is 11.6. The van der Waals surface area contributed by atoms with Crippen molar-refractivity contribution in [2.75, 3.05) is 14.2 Å². The van der Waals surface area contributed by atoms with Crippen LogP contribution < -0.4 is 10.1 Å². The Hall–Kier alpha value is -1.88. The van der Waals surface area contributed by atoms with Crippen LogP contribution in [0.25, 0.3) is 11.4 Å². The number of aromatic nitrogens is 2. The molecule has 1 N–H and O–H groups in total. The Morgan fingerprint density at radius 1 is 1.42 bits per heavy atom. The first kappa shape index (κ1) is 13.5. The maximum absolute atomic E-state index is 13.7. The van der Waals surface area contributed by atoms with Gasteiger partial charge in [0, 0.05) is 24.8 Å². The molecular formula is C14H18FN3O. The molecule has 0 spiro atoms. The average molecular weight is 263 g/mol. The molecule has 1 heterocycles. The van der Waals surface area contributed by atoms with E-state index in [9.17, 15) is 4.39 Å². The van der Waals surface area contributed by atoms with Gasteiger partial charge in [-0.2, -0.15) is 0 Å². The predicted octanol–water partition coefficient (Wildman–Crippen LogP) is 2.26. The second-order valence-electron chi connectivity index (χ2n) is 4.41. The van der Waals surface area contributed by atoms with E-state index in [0.717, 1.165) is 22.8 Å². The zero-order chi connectivity index (χ0) is 14.0. The Morgan fingerprint density at radius 2 is 2.16 bits per heavy atom. The number of hydrogen-bond donors (Lipinski definition) is 1. The van der Waals surface area contributed by atoms with E-state index in [1.165, 1.54) is 13.2 Å². The molecule has 0 aliphatic carbocycles. The van der Waals surface area contributed by atoms with Crippen molar-refractivity contribution in [2.45, 2.75) is 13.5 Å². The molecule has 2 rings (SSSR count). The maximum atomic E-state index is 13.7. The van der Waals surface area contributed by atoms with Crippen LogP contribution in [0.15, 0.2) is 18.2 Å². The molecular weight excluding hydrogens is 245 g/mol. The number of benzene rings is 1. The summed E-state index contributed by atoms with van der Waals surface area (Å²) in [7, 11) is 5.26. The minimum Gasteiger partial charge on any atom is -0.494 e. The summed E-state index contributed by atoms with van der Waals surface area (Å²) in [6.07, 6.45) is 0. The van der Waals surface area contributed by atoms with Crippen molar-refractivity contribution < 1.29 is 9.13 Å². The summed E-state index contributed by atoms with van der Waals surface area (Å²) in [4.78, 5) is 4.56. The number of methoxy groups -OCH3 is 1. The average Bonchev–Trinajstić information content (AvgIpc) is 2.67. The van der Waals surface area contributed by atoms with Gasteiger partial charge in [-0.25, -0.2) is 9.37 Å². The first-order chi connectivity index (χ1) is 9.08. The summed E-state index contributed by atoms with van der Waals surface area (Å²) in [5.41, 5.74) is 2.78. The Morgan fingerprint density at radius 3 is 2.74 bits per heavy atom.